The maximum atomic E-state index is 7.06. The van der Waals surface area contributed by atoms with Gasteiger partial charge in [-0.05, 0) is 83.2 Å². The highest BCUT2D eigenvalue weighted by Gasteiger charge is 2.44. The summed E-state index contributed by atoms with van der Waals surface area (Å²) in [5.41, 5.74) is 10.2. The van der Waals surface area contributed by atoms with Crippen LogP contribution in [0.25, 0.3) is 21.5 Å². The molecule has 0 unspecified atom stereocenters. The number of hydrogen-bond donors (Lipinski definition) is 0. The molecular weight excluding hydrogens is 567 g/mol. The second-order valence-electron chi connectivity index (χ2n) is 13.0. The molecule has 43 heavy (non-hydrogen) atoms. The van der Waals surface area contributed by atoms with Crippen LogP contribution in [0.3, 0.4) is 0 Å². The number of anilines is 1. The minimum Gasteiger partial charge on any atom is -1.00 e. The summed E-state index contributed by atoms with van der Waals surface area (Å²) in [5, 5.41) is 6.15. The Morgan fingerprint density at radius 3 is 2.07 bits per heavy atom. The number of rotatable bonds is 3. The van der Waals surface area contributed by atoms with Crippen LogP contribution >= 0.6 is 11.6 Å². The highest BCUT2D eigenvalue weighted by molar-refractivity contribution is 6.33. The van der Waals surface area contributed by atoms with E-state index in [9.17, 15) is 0 Å². The van der Waals surface area contributed by atoms with Crippen LogP contribution in [0, 0.1) is 0 Å². The second kappa shape index (κ2) is 10.5. The monoisotopic (exact) mass is 604 g/mol. The van der Waals surface area contributed by atoms with Gasteiger partial charge in [0.15, 0.2) is 5.71 Å². The Bertz CT molecular complexity index is 1970. The van der Waals surface area contributed by atoms with Crippen molar-refractivity contribution in [3.8, 4) is 0 Å². The van der Waals surface area contributed by atoms with Gasteiger partial charge < -0.3 is 17.3 Å². The van der Waals surface area contributed by atoms with E-state index in [-0.39, 0.29) is 23.2 Å². The van der Waals surface area contributed by atoms with Gasteiger partial charge in [-0.25, -0.2) is 0 Å². The van der Waals surface area contributed by atoms with Crippen LogP contribution in [-0.4, -0.2) is 24.4 Å². The third-order valence-corrected chi connectivity index (χ3v) is 10.4. The Kier molecular flexibility index (Phi) is 7.23. The zero-order valence-electron chi connectivity index (χ0n) is 25.8. The third kappa shape index (κ3) is 4.41. The fourth-order valence-corrected chi connectivity index (χ4v) is 8.07. The van der Waals surface area contributed by atoms with Gasteiger partial charge in [-0.3, -0.25) is 0 Å². The molecule has 2 nitrogen and oxygen atoms in total. The van der Waals surface area contributed by atoms with E-state index < -0.39 is 0 Å². The maximum Gasteiger partial charge on any atom is 0.210 e. The molecule has 2 aliphatic heterocycles. The highest BCUT2D eigenvalue weighted by atomic mass is 35.5. The van der Waals surface area contributed by atoms with E-state index in [1.807, 2.05) is 0 Å². The Morgan fingerprint density at radius 2 is 1.37 bits per heavy atom. The van der Waals surface area contributed by atoms with Gasteiger partial charge in [0.2, 0.25) is 5.69 Å². The van der Waals surface area contributed by atoms with Gasteiger partial charge in [-0.1, -0.05) is 92.2 Å². The number of benzene rings is 4. The molecule has 0 spiro atoms. The van der Waals surface area contributed by atoms with Gasteiger partial charge in [0.05, 0.1) is 5.41 Å². The lowest BCUT2D eigenvalue weighted by Crippen LogP contribution is -3.00. The number of fused-ring (bicyclic) bond motifs is 6. The molecule has 0 aromatic heterocycles. The fourth-order valence-electron chi connectivity index (χ4n) is 7.75. The lowest BCUT2D eigenvalue weighted by atomic mass is 9.79. The smallest absolute Gasteiger partial charge is 0.210 e. The van der Waals surface area contributed by atoms with Crippen molar-refractivity contribution >= 4 is 50.2 Å². The Balaban J connectivity index is 0.00000329. The van der Waals surface area contributed by atoms with Gasteiger partial charge in [-0.2, -0.15) is 4.58 Å². The topological polar surface area (TPSA) is 6.25 Å². The van der Waals surface area contributed by atoms with Gasteiger partial charge in [0.1, 0.15) is 7.05 Å². The van der Waals surface area contributed by atoms with E-state index in [0.717, 1.165) is 17.9 Å². The van der Waals surface area contributed by atoms with E-state index in [4.69, 9.17) is 11.6 Å². The first-order chi connectivity index (χ1) is 20.1. The van der Waals surface area contributed by atoms with Gasteiger partial charge in [0.25, 0.3) is 0 Å². The Labute approximate surface area is 266 Å². The fraction of sp³-hybridized carbons (Fsp3) is 0.256. The molecule has 2 heterocycles. The van der Waals surface area contributed by atoms with Crippen LogP contribution in [0.5, 0.6) is 0 Å². The lowest BCUT2D eigenvalue weighted by Gasteiger charge is -2.24. The summed E-state index contributed by atoms with van der Waals surface area (Å²) in [6.07, 6.45) is 11.0. The van der Waals surface area contributed by atoms with Crippen molar-refractivity contribution in [2.24, 2.45) is 0 Å². The molecule has 3 aliphatic rings. The van der Waals surface area contributed by atoms with Crippen molar-refractivity contribution in [2.45, 2.75) is 51.4 Å². The largest absolute Gasteiger partial charge is 1.00 e. The van der Waals surface area contributed by atoms with E-state index in [1.165, 1.54) is 66.6 Å². The second-order valence-corrected chi connectivity index (χ2v) is 13.4. The van der Waals surface area contributed by atoms with Crippen molar-refractivity contribution in [3.63, 3.8) is 0 Å². The lowest BCUT2D eigenvalue weighted by molar-refractivity contribution is -0.401. The van der Waals surface area contributed by atoms with E-state index >= 15 is 0 Å². The summed E-state index contributed by atoms with van der Waals surface area (Å²) >= 11 is 7.06. The molecule has 0 fully saturated rings. The van der Waals surface area contributed by atoms with Crippen LogP contribution in [0.15, 0.2) is 119 Å². The van der Waals surface area contributed by atoms with Crippen molar-refractivity contribution in [1.29, 1.82) is 0 Å². The zero-order valence-corrected chi connectivity index (χ0v) is 27.3. The molecule has 4 heteroatoms. The van der Waals surface area contributed by atoms with Crippen LogP contribution in [-0.2, 0) is 10.8 Å². The molecule has 4 aromatic carbocycles. The number of allylic oxidation sites excluding steroid dienone is 8. The first-order valence-electron chi connectivity index (χ1n) is 15.0. The first kappa shape index (κ1) is 29.5. The molecule has 0 saturated carbocycles. The quantitative estimate of drug-likeness (QED) is 0.226. The predicted octanol–water partition coefficient (Wildman–Crippen LogP) is 7.08. The molecule has 0 N–H and O–H groups in total. The molecule has 1 aliphatic carbocycles. The minimum absolute atomic E-state index is 0. The van der Waals surface area contributed by atoms with Crippen LogP contribution in [0.4, 0.5) is 11.4 Å². The van der Waals surface area contributed by atoms with E-state index in [0.29, 0.717) is 0 Å². The van der Waals surface area contributed by atoms with Crippen LogP contribution in [0.2, 0.25) is 0 Å². The van der Waals surface area contributed by atoms with Crippen LogP contribution < -0.4 is 17.3 Å². The molecular formula is C39H38Cl2N2. The van der Waals surface area contributed by atoms with Gasteiger partial charge >= 0.3 is 0 Å². The molecule has 7 rings (SSSR count). The molecule has 0 radical (unpaired) electrons. The van der Waals surface area contributed by atoms with Gasteiger partial charge in [0, 0.05) is 46.6 Å². The first-order valence-corrected chi connectivity index (χ1v) is 15.4. The summed E-state index contributed by atoms with van der Waals surface area (Å²) in [5.74, 6) is 0. The summed E-state index contributed by atoms with van der Waals surface area (Å²) < 4.78 is 2.35. The third-order valence-electron chi connectivity index (χ3n) is 9.90. The van der Waals surface area contributed by atoms with Gasteiger partial charge in [-0.15, -0.1) is 0 Å². The van der Waals surface area contributed by atoms with Crippen LogP contribution in [0.1, 0.15) is 51.7 Å². The molecule has 0 amide bonds. The van der Waals surface area contributed by atoms with E-state index in [2.05, 4.69) is 148 Å². The summed E-state index contributed by atoms with van der Waals surface area (Å²) in [6.45, 7) is 9.35. The number of hydrogen-bond acceptors (Lipinski definition) is 1. The average molecular weight is 606 g/mol. The average Bonchev–Trinajstić information content (AvgIpc) is 3.50. The Morgan fingerprint density at radius 1 is 0.744 bits per heavy atom. The summed E-state index contributed by atoms with van der Waals surface area (Å²) in [6, 6.07) is 26.4. The standard InChI is InChI=1S/C39H38ClN2.ClH/c1-38(2)33(41(5)31-21-17-25-11-7-9-13-29(25)35(31)38)23-19-27-15-16-28(37(27)40)20-24-34-39(3,4)36-30-14-10-8-12-26(30)18-22-32(36)42(34)6;/h7-14,17-24H,15-16H2,1-6H3;1H/q+1;/p-1. The Hall–Kier alpha value is -3.59. The normalized spacial score (nSPS) is 20.7. The molecule has 4 aromatic rings. The highest BCUT2D eigenvalue weighted by Crippen LogP contribution is 2.50. The van der Waals surface area contributed by atoms with Crippen molar-refractivity contribution in [2.75, 3.05) is 19.0 Å². The van der Waals surface area contributed by atoms with E-state index in [1.54, 1.807) is 0 Å². The predicted molar refractivity (Wildman–Crippen MR) is 181 cm³/mol. The number of halogens is 2. The number of likely N-dealkylation sites (N-methyl/N-ethyl adjacent to an activating group) is 1. The van der Waals surface area contributed by atoms with Crippen molar-refractivity contribution in [1.82, 2.24) is 0 Å². The number of nitrogens with zero attached hydrogens (tertiary/aromatic N) is 2. The van der Waals surface area contributed by atoms with Crippen molar-refractivity contribution in [3.05, 3.63) is 130 Å². The summed E-state index contributed by atoms with van der Waals surface area (Å²) in [4.78, 5) is 2.35. The minimum atomic E-state index is -0.103. The summed E-state index contributed by atoms with van der Waals surface area (Å²) in [7, 11) is 4.37. The zero-order chi connectivity index (χ0) is 29.4. The van der Waals surface area contributed by atoms with Crippen molar-refractivity contribution < 1.29 is 17.0 Å². The molecule has 0 atom stereocenters. The SMILES string of the molecule is CN1/C(=C\C=C2\CCC(/C=C/C3=[N+](C)c4ccc5ccccc5c4C3(C)C)=C2Cl)C(C)(C)c2c1ccc1ccccc21.[Cl-]. The molecule has 0 saturated heterocycles. The maximum absolute atomic E-state index is 7.06. The molecule has 218 valence electrons. The molecule has 0 bridgehead atoms.